The van der Waals surface area contributed by atoms with Crippen LogP contribution in [0.15, 0.2) is 60.7 Å². The van der Waals surface area contributed by atoms with Crippen LogP contribution in [0, 0.1) is 0 Å². The van der Waals surface area contributed by atoms with Gasteiger partial charge in [-0.3, -0.25) is 19.2 Å². The van der Waals surface area contributed by atoms with Crippen LogP contribution in [0.4, 0.5) is 11.4 Å². The predicted molar refractivity (Wildman–Crippen MR) is 157 cm³/mol. The van der Waals surface area contributed by atoms with E-state index in [0.29, 0.717) is 32.1 Å². The monoisotopic (exact) mass is 536 g/mol. The molecule has 0 radical (unpaired) electrons. The number of hydrogen-bond donors (Lipinski definition) is 2. The summed E-state index contributed by atoms with van der Waals surface area (Å²) in [5, 5.41) is 5.69. The maximum Gasteiger partial charge on any atom is 0.224 e. The third-order valence-corrected chi connectivity index (χ3v) is 5.99. The van der Waals surface area contributed by atoms with Crippen molar-refractivity contribution in [3.63, 3.8) is 0 Å². The summed E-state index contributed by atoms with van der Waals surface area (Å²) in [5.74, 6) is -0.223. The molecule has 0 aliphatic carbocycles. The Morgan fingerprint density at radius 3 is 1.28 bits per heavy atom. The molecule has 0 unspecified atom stereocenters. The lowest BCUT2D eigenvalue weighted by atomic mass is 10.1. The van der Waals surface area contributed by atoms with Crippen molar-refractivity contribution in [3.8, 4) is 0 Å². The molecular weight excluding hydrogens is 492 g/mol. The van der Waals surface area contributed by atoms with Gasteiger partial charge in [-0.25, -0.2) is 0 Å². The molecule has 0 saturated carbocycles. The molecule has 2 N–H and O–H groups in total. The van der Waals surface area contributed by atoms with E-state index < -0.39 is 0 Å². The van der Waals surface area contributed by atoms with E-state index in [-0.39, 0.29) is 29.2 Å². The van der Waals surface area contributed by atoms with Crippen LogP contribution in [0.25, 0.3) is 0 Å². The lowest BCUT2D eigenvalue weighted by molar-refractivity contribution is -0.136. The molecule has 7 heteroatoms. The molecule has 212 valence electrons. The molecule has 0 heterocycles. The molecule has 39 heavy (non-hydrogen) atoms. The van der Waals surface area contributed by atoms with Crippen LogP contribution in [0.3, 0.4) is 0 Å². The van der Waals surface area contributed by atoms with Crippen LogP contribution in [-0.4, -0.2) is 29.2 Å². The number of carbonyl (C=O) groups excluding carboxylic acids is 5. The lowest BCUT2D eigenvalue weighted by Crippen LogP contribution is -2.12. The minimum atomic E-state index is -0.280. The number of amides is 2. The van der Waals surface area contributed by atoms with Gasteiger partial charge in [0.05, 0.1) is 0 Å². The number of ketones is 3. The molecular formula is C32H44N2O5. The van der Waals surface area contributed by atoms with E-state index in [1.54, 1.807) is 13.8 Å². The molecule has 0 atom stereocenters. The van der Waals surface area contributed by atoms with Gasteiger partial charge in [0.1, 0.15) is 5.78 Å². The summed E-state index contributed by atoms with van der Waals surface area (Å²) in [5.41, 5.74) is 1.66. The average molecular weight is 537 g/mol. The van der Waals surface area contributed by atoms with Crippen molar-refractivity contribution in [2.24, 2.45) is 0 Å². The zero-order chi connectivity index (χ0) is 28.7. The number of benzene rings is 2. The van der Waals surface area contributed by atoms with Crippen LogP contribution in [-0.2, 0) is 24.0 Å². The highest BCUT2D eigenvalue weighted by atomic mass is 16.2. The first-order valence-electron chi connectivity index (χ1n) is 14.1. The van der Waals surface area contributed by atoms with E-state index in [1.807, 2.05) is 60.7 Å². The second kappa shape index (κ2) is 21.3. The summed E-state index contributed by atoms with van der Waals surface area (Å²) in [6.07, 6.45) is 9.49. The van der Waals surface area contributed by atoms with E-state index in [2.05, 4.69) is 10.6 Å². The van der Waals surface area contributed by atoms with E-state index in [0.717, 1.165) is 62.7 Å². The summed E-state index contributed by atoms with van der Waals surface area (Å²) < 4.78 is 0. The smallest absolute Gasteiger partial charge is 0.224 e. The normalized spacial score (nSPS) is 10.1. The summed E-state index contributed by atoms with van der Waals surface area (Å²) in [4.78, 5) is 56.4. The first kappa shape index (κ1) is 33.4. The van der Waals surface area contributed by atoms with Crippen LogP contribution >= 0.6 is 0 Å². The molecule has 0 saturated heterocycles. The van der Waals surface area contributed by atoms with E-state index >= 15 is 0 Å². The van der Waals surface area contributed by atoms with Crippen molar-refractivity contribution >= 4 is 40.5 Å². The quantitative estimate of drug-likeness (QED) is 0.156. The van der Waals surface area contributed by atoms with Gasteiger partial charge >= 0.3 is 0 Å². The van der Waals surface area contributed by atoms with E-state index in [1.165, 1.54) is 0 Å². The number of nitrogens with one attached hydrogen (secondary N) is 2. The van der Waals surface area contributed by atoms with Crippen LogP contribution in [0.5, 0.6) is 0 Å². The van der Waals surface area contributed by atoms with E-state index in [9.17, 15) is 24.0 Å². The first-order chi connectivity index (χ1) is 18.8. The highest BCUT2D eigenvalue weighted by molar-refractivity contribution is 6.37. The zero-order valence-corrected chi connectivity index (χ0v) is 23.5. The van der Waals surface area contributed by atoms with Crippen LogP contribution in [0.2, 0.25) is 0 Å². The Morgan fingerprint density at radius 1 is 0.513 bits per heavy atom. The van der Waals surface area contributed by atoms with Crippen molar-refractivity contribution in [2.75, 3.05) is 10.6 Å². The number of carbonyl (C=O) groups is 5. The minimum absolute atomic E-state index is 0.0124. The summed E-state index contributed by atoms with van der Waals surface area (Å²) in [7, 11) is 0. The molecule has 0 aliphatic rings. The van der Waals surface area contributed by atoms with Gasteiger partial charge in [0.2, 0.25) is 11.8 Å². The van der Waals surface area contributed by atoms with E-state index in [4.69, 9.17) is 0 Å². The number of anilines is 2. The molecule has 0 aliphatic heterocycles. The number of hydrogen-bond acceptors (Lipinski definition) is 5. The van der Waals surface area contributed by atoms with Gasteiger partial charge in [-0.2, -0.15) is 0 Å². The standard InChI is InChI=1S/C17H23NO3.C15H21NO2/c1-2-15(19)16(20)12-8-3-4-9-13-17(21)18-14-10-6-5-7-11-14;1-13(17)9-5-2-3-8-12-15(18)16-14-10-6-4-7-11-14/h5-7,10-11H,2-4,8-9,12-13H2,1H3,(H,18,21);4,6-7,10-11H,2-3,5,8-9,12H2,1H3,(H,16,18). The molecule has 0 spiro atoms. The Hall–Kier alpha value is -3.61. The molecule has 7 nitrogen and oxygen atoms in total. The van der Waals surface area contributed by atoms with Gasteiger partial charge in [-0.1, -0.05) is 69.0 Å². The van der Waals surface area contributed by atoms with Crippen molar-refractivity contribution in [2.45, 2.75) is 97.3 Å². The first-order valence-corrected chi connectivity index (χ1v) is 14.1. The molecule has 2 aromatic carbocycles. The Kier molecular flexibility index (Phi) is 18.3. The Labute approximate surface area is 233 Å². The zero-order valence-electron chi connectivity index (χ0n) is 23.5. The van der Waals surface area contributed by atoms with Gasteiger partial charge in [0.25, 0.3) is 0 Å². The molecule has 0 aromatic heterocycles. The van der Waals surface area contributed by atoms with Gasteiger partial charge < -0.3 is 15.4 Å². The molecule has 2 amide bonds. The third kappa shape index (κ3) is 18.3. The number of para-hydroxylation sites is 2. The average Bonchev–Trinajstić information content (AvgIpc) is 2.93. The van der Waals surface area contributed by atoms with Crippen LogP contribution in [0.1, 0.15) is 97.3 Å². The Bertz CT molecular complexity index is 1010. The third-order valence-electron chi connectivity index (χ3n) is 5.99. The minimum Gasteiger partial charge on any atom is -0.326 e. The number of unbranched alkanes of at least 4 members (excludes halogenated alkanes) is 6. The van der Waals surface area contributed by atoms with Gasteiger partial charge in [-0.15, -0.1) is 0 Å². The maximum atomic E-state index is 11.7. The summed E-state index contributed by atoms with van der Waals surface area (Å²) in [6, 6.07) is 18.9. The van der Waals surface area contributed by atoms with Gasteiger partial charge in [0.15, 0.2) is 11.6 Å². The predicted octanol–water partition coefficient (Wildman–Crippen LogP) is 7.07. The number of Topliss-reactive ketones (excluding diaryl/α,β-unsaturated/α-hetero) is 3. The highest BCUT2D eigenvalue weighted by Crippen LogP contribution is 2.11. The van der Waals surface area contributed by atoms with Crippen molar-refractivity contribution in [1.82, 2.24) is 0 Å². The summed E-state index contributed by atoms with van der Waals surface area (Å²) in [6.45, 7) is 3.32. The van der Waals surface area contributed by atoms with Crippen molar-refractivity contribution < 1.29 is 24.0 Å². The topological polar surface area (TPSA) is 109 Å². The fourth-order valence-corrected chi connectivity index (χ4v) is 3.76. The molecule has 0 bridgehead atoms. The van der Waals surface area contributed by atoms with Crippen molar-refractivity contribution in [1.29, 1.82) is 0 Å². The lowest BCUT2D eigenvalue weighted by Gasteiger charge is -2.04. The fourth-order valence-electron chi connectivity index (χ4n) is 3.76. The Morgan fingerprint density at radius 2 is 0.897 bits per heavy atom. The largest absolute Gasteiger partial charge is 0.326 e. The highest BCUT2D eigenvalue weighted by Gasteiger charge is 2.10. The Balaban J connectivity index is 0.000000395. The van der Waals surface area contributed by atoms with Crippen LogP contribution < -0.4 is 10.6 Å². The molecule has 2 aromatic rings. The van der Waals surface area contributed by atoms with Gasteiger partial charge in [-0.05, 0) is 56.9 Å². The second-order valence-electron chi connectivity index (χ2n) is 9.56. The second-order valence-corrected chi connectivity index (χ2v) is 9.56. The maximum absolute atomic E-state index is 11.7. The molecule has 0 fully saturated rings. The fraction of sp³-hybridized carbons (Fsp3) is 0.469. The van der Waals surface area contributed by atoms with Gasteiger partial charge in [0, 0.05) is 43.5 Å². The summed E-state index contributed by atoms with van der Waals surface area (Å²) >= 11 is 0. The SMILES string of the molecule is CC(=O)CCCCCCC(=O)Nc1ccccc1.CCC(=O)C(=O)CCCCCCC(=O)Nc1ccccc1. The molecule has 2 rings (SSSR count). The van der Waals surface area contributed by atoms with Crippen molar-refractivity contribution in [3.05, 3.63) is 60.7 Å². The number of rotatable bonds is 18.